The van der Waals surface area contributed by atoms with Crippen molar-refractivity contribution in [3.8, 4) is 0 Å². The topological polar surface area (TPSA) is 26.3 Å². The van der Waals surface area contributed by atoms with Crippen LogP contribution in [-0.2, 0) is 9.53 Å². The molecule has 0 aromatic rings. The monoisotopic (exact) mass is 262 g/mol. The molecule has 1 unspecified atom stereocenters. The molecule has 0 aliphatic carbocycles. The Balaban J connectivity index is 3.40. The highest BCUT2D eigenvalue weighted by Gasteiger charge is 2.23. The second-order valence-corrected chi connectivity index (χ2v) is 12.0. The molecule has 0 aliphatic heterocycles. The summed E-state index contributed by atoms with van der Waals surface area (Å²) in [5.41, 5.74) is 0. The Labute approximate surface area is 93.6 Å². The minimum Gasteiger partial charge on any atom is -0.371 e. The molecule has 0 rings (SSSR count). The molecular weight excluding hydrogens is 251 g/mol. The molecule has 78 valence electrons. The van der Waals surface area contributed by atoms with Crippen LogP contribution in [0.25, 0.3) is 0 Å². The Hall–Kier alpha value is 0.717. The summed E-state index contributed by atoms with van der Waals surface area (Å²) in [6, 6.07) is -1.92. The number of ether oxygens (including phenoxy) is 1. The third kappa shape index (κ3) is 9.03. The number of rotatable bonds is 7. The third-order valence-corrected chi connectivity index (χ3v) is 4.11. The first-order valence-electron chi connectivity index (χ1n) is 4.13. The van der Waals surface area contributed by atoms with Crippen molar-refractivity contribution < 1.29 is 9.53 Å². The summed E-state index contributed by atoms with van der Waals surface area (Å²) in [7, 11) is 0. The quantitative estimate of drug-likeness (QED) is 0.305. The van der Waals surface area contributed by atoms with E-state index in [1.807, 2.05) is 6.92 Å². The molecule has 0 aliphatic rings. The molecule has 0 amide bonds. The summed E-state index contributed by atoms with van der Waals surface area (Å²) >= 11 is 17.0. The fourth-order valence-electron chi connectivity index (χ4n) is 0.761. The molecule has 0 saturated carbocycles. The molecule has 0 radical (unpaired) electrons. The van der Waals surface area contributed by atoms with E-state index in [2.05, 4.69) is 0 Å². The van der Waals surface area contributed by atoms with Crippen LogP contribution in [0.3, 0.4) is 0 Å². The summed E-state index contributed by atoms with van der Waals surface area (Å²) < 4.78 is 5.21. The van der Waals surface area contributed by atoms with Gasteiger partial charge in [0.25, 0.3) is 0 Å². The maximum absolute atomic E-state index is 10.3. The first-order valence-corrected chi connectivity index (χ1v) is 9.37. The first-order chi connectivity index (χ1) is 5.99. The summed E-state index contributed by atoms with van der Waals surface area (Å²) in [6.45, 7) is 2.38. The predicted octanol–water partition coefficient (Wildman–Crippen LogP) is 3.03. The third-order valence-electron chi connectivity index (χ3n) is 1.49. The molecule has 1 atom stereocenters. The van der Waals surface area contributed by atoms with Crippen molar-refractivity contribution in [2.24, 2.45) is 0 Å². The van der Waals surface area contributed by atoms with Gasteiger partial charge in [-0.3, -0.25) is 0 Å². The maximum Gasteiger partial charge on any atom is 0.341 e. The normalized spacial score (nSPS) is 14.2. The maximum atomic E-state index is 10.3. The molecule has 0 bridgehead atoms. The minimum atomic E-state index is -2.50. The SMILES string of the molecule is CCC(C=O)OCCC[Si](Cl)(Cl)Cl. The number of aldehydes is 1. The molecule has 6 heteroatoms. The standard InChI is InChI=1S/C7H13Cl3O2Si/c1-2-7(6-11)12-4-3-5-13(8,9)10/h6-7H,2-5H2,1H3. The van der Waals surface area contributed by atoms with Gasteiger partial charge in [0.1, 0.15) is 12.4 Å². The molecule has 0 fully saturated rings. The van der Waals surface area contributed by atoms with Crippen molar-refractivity contribution >= 4 is 45.5 Å². The number of hydrogen-bond acceptors (Lipinski definition) is 2. The lowest BCUT2D eigenvalue weighted by molar-refractivity contribution is -0.118. The van der Waals surface area contributed by atoms with Crippen molar-refractivity contribution in [1.29, 1.82) is 0 Å². The van der Waals surface area contributed by atoms with Gasteiger partial charge in [0, 0.05) is 6.61 Å². The highest BCUT2D eigenvalue weighted by molar-refractivity contribution is 7.64. The molecule has 0 saturated heterocycles. The molecule has 0 N–H and O–H groups in total. The number of carbonyl (C=O) groups is 1. The molecule has 0 heterocycles. The Morgan fingerprint density at radius 3 is 2.46 bits per heavy atom. The van der Waals surface area contributed by atoms with Crippen LogP contribution in [0.2, 0.25) is 6.04 Å². The number of carbonyl (C=O) groups excluding carboxylic acids is 1. The largest absolute Gasteiger partial charge is 0.371 e. The van der Waals surface area contributed by atoms with Crippen molar-refractivity contribution in [2.75, 3.05) is 6.61 Å². The average Bonchev–Trinajstić information content (AvgIpc) is 2.03. The van der Waals surface area contributed by atoms with Gasteiger partial charge in [0.2, 0.25) is 0 Å². The van der Waals surface area contributed by atoms with Crippen LogP contribution >= 0.6 is 33.2 Å². The zero-order valence-electron chi connectivity index (χ0n) is 7.43. The molecule has 0 aromatic carbocycles. The van der Waals surface area contributed by atoms with Crippen LogP contribution in [0, 0.1) is 0 Å². The van der Waals surface area contributed by atoms with Gasteiger partial charge in [-0.05, 0) is 18.9 Å². The van der Waals surface area contributed by atoms with E-state index in [-0.39, 0.29) is 6.10 Å². The van der Waals surface area contributed by atoms with E-state index in [1.165, 1.54) is 0 Å². The van der Waals surface area contributed by atoms with Crippen molar-refractivity contribution in [3.05, 3.63) is 0 Å². The van der Waals surface area contributed by atoms with E-state index in [0.717, 1.165) is 6.29 Å². The smallest absolute Gasteiger partial charge is 0.341 e. The molecular formula is C7H13Cl3O2Si. The molecule has 13 heavy (non-hydrogen) atoms. The summed E-state index contributed by atoms with van der Waals surface area (Å²) in [4.78, 5) is 10.3. The lowest BCUT2D eigenvalue weighted by atomic mass is 10.3. The van der Waals surface area contributed by atoms with Crippen LogP contribution < -0.4 is 0 Å². The van der Waals surface area contributed by atoms with E-state index in [9.17, 15) is 4.79 Å². The fraction of sp³-hybridized carbons (Fsp3) is 0.857. The highest BCUT2D eigenvalue weighted by Crippen LogP contribution is 2.26. The van der Waals surface area contributed by atoms with Crippen LogP contribution in [0.5, 0.6) is 0 Å². The van der Waals surface area contributed by atoms with Gasteiger partial charge in [-0.2, -0.15) is 0 Å². The van der Waals surface area contributed by atoms with E-state index < -0.39 is 6.00 Å². The predicted molar refractivity (Wildman–Crippen MR) is 58.8 cm³/mol. The first kappa shape index (κ1) is 13.7. The summed E-state index contributed by atoms with van der Waals surface area (Å²) in [6.07, 6.45) is 1.88. The zero-order chi connectivity index (χ0) is 10.3. The van der Waals surface area contributed by atoms with E-state index >= 15 is 0 Å². The number of hydrogen-bond donors (Lipinski definition) is 0. The van der Waals surface area contributed by atoms with Crippen LogP contribution in [0.1, 0.15) is 19.8 Å². The molecule has 0 spiro atoms. The second kappa shape index (κ2) is 7.07. The van der Waals surface area contributed by atoms with Gasteiger partial charge < -0.3 is 9.53 Å². The van der Waals surface area contributed by atoms with Gasteiger partial charge >= 0.3 is 6.00 Å². The Morgan fingerprint density at radius 1 is 1.46 bits per heavy atom. The van der Waals surface area contributed by atoms with Gasteiger partial charge in [0.15, 0.2) is 0 Å². The van der Waals surface area contributed by atoms with Gasteiger partial charge in [-0.1, -0.05) is 6.92 Å². The van der Waals surface area contributed by atoms with E-state index in [0.29, 0.717) is 25.5 Å². The lowest BCUT2D eigenvalue weighted by Gasteiger charge is -2.10. The second-order valence-electron chi connectivity index (χ2n) is 2.67. The fourth-order valence-corrected chi connectivity index (χ4v) is 2.51. The number of halogens is 3. The zero-order valence-corrected chi connectivity index (χ0v) is 10.7. The van der Waals surface area contributed by atoms with Crippen molar-refractivity contribution in [2.45, 2.75) is 31.9 Å². The summed E-state index contributed by atoms with van der Waals surface area (Å²) in [5, 5.41) is 0. The summed E-state index contributed by atoms with van der Waals surface area (Å²) in [5.74, 6) is 0. The van der Waals surface area contributed by atoms with E-state index in [1.54, 1.807) is 0 Å². The van der Waals surface area contributed by atoms with E-state index in [4.69, 9.17) is 38.0 Å². The molecule has 2 nitrogen and oxygen atoms in total. The Bertz CT molecular complexity index is 149. The van der Waals surface area contributed by atoms with Gasteiger partial charge in [0.05, 0.1) is 0 Å². The highest BCUT2D eigenvalue weighted by atomic mass is 35.8. The minimum absolute atomic E-state index is 0.308. The molecule has 0 aromatic heterocycles. The van der Waals surface area contributed by atoms with Crippen LogP contribution in [0.4, 0.5) is 0 Å². The van der Waals surface area contributed by atoms with Gasteiger partial charge in [-0.25, -0.2) is 0 Å². The van der Waals surface area contributed by atoms with Crippen LogP contribution in [0.15, 0.2) is 0 Å². The Morgan fingerprint density at radius 2 is 2.08 bits per heavy atom. The Kier molecular flexibility index (Phi) is 7.46. The lowest BCUT2D eigenvalue weighted by Crippen LogP contribution is -2.16. The average molecular weight is 264 g/mol. The van der Waals surface area contributed by atoms with Gasteiger partial charge in [-0.15, -0.1) is 33.2 Å². The van der Waals surface area contributed by atoms with Crippen LogP contribution in [-0.4, -0.2) is 25.0 Å². The van der Waals surface area contributed by atoms with Crippen molar-refractivity contribution in [3.63, 3.8) is 0 Å². The van der Waals surface area contributed by atoms with Crippen molar-refractivity contribution in [1.82, 2.24) is 0 Å².